The van der Waals surface area contributed by atoms with Gasteiger partial charge < -0.3 is 49.2 Å². The molecule has 0 amide bonds. The molecule has 0 atom stereocenters. The molecule has 10 aromatic rings. The summed E-state index contributed by atoms with van der Waals surface area (Å²) < 4.78 is 34.5. The first-order valence-electron chi connectivity index (χ1n) is 22.8. The Morgan fingerprint density at radius 1 is 0.274 bits per heavy atom. The van der Waals surface area contributed by atoms with Gasteiger partial charge in [-0.15, -0.1) is 0 Å². The standard InChI is InChI=1S/C61H42I2O10/c62-41-35-56(61(57(63)36-41)73-53-29-15-46(68)16-30-53)60(54-33-39(5-31-58(54)71-51-25-11-44(66)12-26-51)37-1-17-47(18-2-37)69-49-21-7-42(64)8-22-49)55-34-40(6-32-59(55)72-52-27-13-45(67)14-28-52)38-3-19-48(20-4-38)70-50-23-9-43(65)10-24-50/h1-36,60,64-68H. The van der Waals surface area contributed by atoms with Gasteiger partial charge in [-0.1, -0.05) is 36.4 Å². The van der Waals surface area contributed by atoms with E-state index >= 15 is 0 Å². The second-order valence-corrected chi connectivity index (χ2v) is 19.2. The monoisotopic (exact) mass is 1190 g/mol. The van der Waals surface area contributed by atoms with Crippen LogP contribution in [-0.4, -0.2) is 25.5 Å². The Balaban J connectivity index is 1.19. The van der Waals surface area contributed by atoms with E-state index in [0.29, 0.717) is 57.5 Å². The third kappa shape index (κ3) is 11.7. The van der Waals surface area contributed by atoms with Crippen LogP contribution in [0.15, 0.2) is 218 Å². The second kappa shape index (κ2) is 21.6. The number of benzene rings is 10. The highest BCUT2D eigenvalue weighted by atomic mass is 127. The Labute approximate surface area is 447 Å². The van der Waals surface area contributed by atoms with Gasteiger partial charge in [0.05, 0.1) is 3.57 Å². The van der Waals surface area contributed by atoms with Crippen molar-refractivity contribution in [2.75, 3.05) is 0 Å². The van der Waals surface area contributed by atoms with Gasteiger partial charge in [0, 0.05) is 26.2 Å². The molecule has 12 heteroatoms. The lowest BCUT2D eigenvalue weighted by molar-refractivity contribution is 0.451. The molecular weight excluding hydrogens is 1150 g/mol. The van der Waals surface area contributed by atoms with Crippen LogP contribution in [-0.2, 0) is 0 Å². The zero-order chi connectivity index (χ0) is 50.4. The predicted molar refractivity (Wildman–Crippen MR) is 297 cm³/mol. The molecule has 0 bridgehead atoms. The number of halogens is 2. The summed E-state index contributed by atoms with van der Waals surface area (Å²) in [5.74, 6) is 5.30. The SMILES string of the molecule is Oc1ccc(Oc2ccc(-c3ccc(Oc4ccc(O)cc4)c(C(c4cc(-c5ccc(Oc6ccc(O)cc6)cc5)ccc4Oc4ccc(O)cc4)c4cc(I)cc(I)c4Oc4ccc(O)cc4)c3)cc2)cc1. The third-order valence-corrected chi connectivity index (χ3v) is 13.1. The Kier molecular flexibility index (Phi) is 14.3. The van der Waals surface area contributed by atoms with Crippen molar-refractivity contribution in [2.45, 2.75) is 5.92 Å². The highest BCUT2D eigenvalue weighted by molar-refractivity contribution is 14.1. The summed E-state index contributed by atoms with van der Waals surface area (Å²) >= 11 is 4.62. The van der Waals surface area contributed by atoms with Gasteiger partial charge in [0.15, 0.2) is 0 Å². The molecule has 0 aliphatic rings. The van der Waals surface area contributed by atoms with E-state index in [1.807, 2.05) is 78.9 Å². The number of aromatic hydroxyl groups is 5. The van der Waals surface area contributed by atoms with Gasteiger partial charge in [-0.05, 0) is 249 Å². The number of phenols is 5. The number of ether oxygens (including phenoxy) is 5. The Morgan fingerprint density at radius 2 is 0.562 bits per heavy atom. The lowest BCUT2D eigenvalue weighted by atomic mass is 9.81. The maximum absolute atomic E-state index is 10.3. The summed E-state index contributed by atoms with van der Waals surface area (Å²) in [6.45, 7) is 0. The molecule has 0 spiro atoms. The molecule has 0 saturated heterocycles. The molecule has 10 nitrogen and oxygen atoms in total. The molecule has 0 aliphatic heterocycles. The Bertz CT molecular complexity index is 3330. The summed E-state index contributed by atoms with van der Waals surface area (Å²) in [5, 5.41) is 50.5. The van der Waals surface area contributed by atoms with Crippen molar-refractivity contribution in [3.8, 4) is 108 Å². The fourth-order valence-electron chi connectivity index (χ4n) is 8.14. The molecule has 5 N–H and O–H groups in total. The number of hydrogen-bond acceptors (Lipinski definition) is 10. The van der Waals surface area contributed by atoms with Gasteiger partial charge >= 0.3 is 0 Å². The molecule has 0 radical (unpaired) electrons. The van der Waals surface area contributed by atoms with Crippen LogP contribution in [0.1, 0.15) is 22.6 Å². The van der Waals surface area contributed by atoms with Crippen molar-refractivity contribution >= 4 is 45.2 Å². The van der Waals surface area contributed by atoms with Crippen LogP contribution in [0.3, 0.4) is 0 Å². The molecule has 0 unspecified atom stereocenters. The van der Waals surface area contributed by atoms with Gasteiger partial charge in [0.25, 0.3) is 0 Å². The highest BCUT2D eigenvalue weighted by Crippen LogP contribution is 2.50. The van der Waals surface area contributed by atoms with Crippen molar-refractivity contribution in [1.82, 2.24) is 0 Å². The van der Waals surface area contributed by atoms with Crippen molar-refractivity contribution in [1.29, 1.82) is 0 Å². The van der Waals surface area contributed by atoms with E-state index in [9.17, 15) is 25.5 Å². The summed E-state index contributed by atoms with van der Waals surface area (Å²) in [7, 11) is 0. The van der Waals surface area contributed by atoms with Gasteiger partial charge in [-0.2, -0.15) is 0 Å². The number of hydrogen-bond donors (Lipinski definition) is 5. The maximum Gasteiger partial charge on any atom is 0.144 e. The average Bonchev–Trinajstić information content (AvgIpc) is 3.39. The molecule has 0 fully saturated rings. The topological polar surface area (TPSA) is 147 Å². The number of phenolic OH excluding ortho intramolecular Hbond substituents is 5. The fourth-order valence-corrected chi connectivity index (χ4v) is 10.1. The summed E-state index contributed by atoms with van der Waals surface area (Å²) in [5.41, 5.74) is 5.71. The fraction of sp³-hybridized carbons (Fsp3) is 0.0164. The van der Waals surface area contributed by atoms with E-state index in [4.69, 9.17) is 23.7 Å². The minimum Gasteiger partial charge on any atom is -0.508 e. The normalized spacial score (nSPS) is 11.0. The van der Waals surface area contributed by atoms with Crippen molar-refractivity contribution in [3.05, 3.63) is 242 Å². The molecule has 10 rings (SSSR count). The highest BCUT2D eigenvalue weighted by Gasteiger charge is 2.31. The second-order valence-electron chi connectivity index (χ2n) is 16.8. The van der Waals surface area contributed by atoms with E-state index < -0.39 is 5.92 Å². The first kappa shape index (κ1) is 48.3. The first-order chi connectivity index (χ1) is 35.5. The minimum atomic E-state index is -0.705. The molecule has 0 aliphatic carbocycles. The summed E-state index contributed by atoms with van der Waals surface area (Å²) in [4.78, 5) is 0. The van der Waals surface area contributed by atoms with Crippen molar-refractivity contribution in [3.63, 3.8) is 0 Å². The van der Waals surface area contributed by atoms with Crippen molar-refractivity contribution in [2.24, 2.45) is 0 Å². The maximum atomic E-state index is 10.3. The van der Waals surface area contributed by atoms with Crippen LogP contribution in [0.25, 0.3) is 22.3 Å². The molecule has 0 heterocycles. The smallest absolute Gasteiger partial charge is 0.144 e. The van der Waals surface area contributed by atoms with E-state index in [1.165, 1.54) is 0 Å². The summed E-state index contributed by atoms with van der Waals surface area (Å²) in [6, 6.07) is 64.4. The van der Waals surface area contributed by atoms with E-state index in [1.54, 1.807) is 121 Å². The van der Waals surface area contributed by atoms with Crippen LogP contribution >= 0.6 is 45.2 Å². The molecule has 73 heavy (non-hydrogen) atoms. The first-order valence-corrected chi connectivity index (χ1v) is 24.9. The molecular formula is C61H42I2O10. The molecule has 10 aromatic carbocycles. The molecule has 360 valence electrons. The molecule has 0 aromatic heterocycles. The molecule has 0 saturated carbocycles. The van der Waals surface area contributed by atoms with Gasteiger partial charge in [-0.3, -0.25) is 0 Å². The van der Waals surface area contributed by atoms with Crippen LogP contribution in [0.4, 0.5) is 0 Å². The van der Waals surface area contributed by atoms with Crippen LogP contribution in [0, 0.1) is 7.14 Å². The van der Waals surface area contributed by atoms with Gasteiger partial charge in [-0.25, -0.2) is 0 Å². The summed E-state index contributed by atoms with van der Waals surface area (Å²) in [6.07, 6.45) is 0. The minimum absolute atomic E-state index is 0.0934. The Hall–Kier alpha value is -8.34. The van der Waals surface area contributed by atoms with E-state index in [2.05, 4.69) is 63.4 Å². The van der Waals surface area contributed by atoms with Crippen molar-refractivity contribution < 1.29 is 49.2 Å². The van der Waals surface area contributed by atoms with Crippen LogP contribution in [0.5, 0.6) is 86.2 Å². The van der Waals surface area contributed by atoms with E-state index in [-0.39, 0.29) is 28.7 Å². The lowest BCUT2D eigenvalue weighted by Gasteiger charge is -2.27. The van der Waals surface area contributed by atoms with Crippen LogP contribution in [0.2, 0.25) is 0 Å². The Morgan fingerprint density at radius 3 is 0.904 bits per heavy atom. The number of rotatable bonds is 15. The van der Waals surface area contributed by atoms with Gasteiger partial charge in [0.2, 0.25) is 0 Å². The zero-order valence-electron chi connectivity index (χ0n) is 38.4. The quantitative estimate of drug-likeness (QED) is 0.0496. The van der Waals surface area contributed by atoms with Gasteiger partial charge in [0.1, 0.15) is 86.2 Å². The lowest BCUT2D eigenvalue weighted by Crippen LogP contribution is -2.10. The van der Waals surface area contributed by atoms with Crippen LogP contribution < -0.4 is 23.7 Å². The predicted octanol–water partition coefficient (Wildman–Crippen LogP) is 16.9. The average molecular weight is 1190 g/mol. The third-order valence-electron chi connectivity index (χ3n) is 11.7. The van der Waals surface area contributed by atoms with E-state index in [0.717, 1.165) is 46.1 Å². The largest absolute Gasteiger partial charge is 0.508 e. The zero-order valence-corrected chi connectivity index (χ0v) is 42.7.